The Morgan fingerprint density at radius 2 is 2.11 bits per heavy atom. The molecule has 0 aliphatic rings. The monoisotopic (exact) mass is 280 g/mol. The Kier molecular flexibility index (Phi) is 3.81. The first-order valence-electron chi connectivity index (χ1n) is 5.73. The minimum Gasteiger partial charge on any atom is -0.483 e. The molecule has 5 heteroatoms. The lowest BCUT2D eigenvalue weighted by Crippen LogP contribution is -2.03. The van der Waals surface area contributed by atoms with Gasteiger partial charge in [-0.3, -0.25) is 0 Å². The van der Waals surface area contributed by atoms with E-state index in [-0.39, 0.29) is 11.9 Å². The molecule has 19 heavy (non-hydrogen) atoms. The van der Waals surface area contributed by atoms with E-state index in [1.54, 1.807) is 31.2 Å². The summed E-state index contributed by atoms with van der Waals surface area (Å²) in [5.74, 6) is -0.0451. The maximum absolute atomic E-state index is 10.7. The summed E-state index contributed by atoms with van der Waals surface area (Å²) >= 11 is 5.87. The van der Waals surface area contributed by atoms with Crippen molar-refractivity contribution in [3.05, 3.63) is 52.4 Å². The van der Waals surface area contributed by atoms with Gasteiger partial charge in [0.05, 0.1) is 0 Å². The van der Waals surface area contributed by atoms with Crippen LogP contribution < -0.4 is 4.74 Å². The van der Waals surface area contributed by atoms with Gasteiger partial charge in [0.1, 0.15) is 11.5 Å². The number of hydrogen-bond acceptors (Lipinski definition) is 3. The van der Waals surface area contributed by atoms with Crippen LogP contribution in [0.15, 0.2) is 34.7 Å². The Labute approximate surface area is 115 Å². The second-order valence-electron chi connectivity index (χ2n) is 4.18. The summed E-state index contributed by atoms with van der Waals surface area (Å²) in [6, 6.07) is 8.32. The normalized spacial score (nSPS) is 12.2. The molecule has 2 rings (SSSR count). The topological polar surface area (TPSA) is 59.7 Å². The first-order valence-corrected chi connectivity index (χ1v) is 6.11. The van der Waals surface area contributed by atoms with Gasteiger partial charge in [-0.2, -0.15) is 0 Å². The molecule has 1 aromatic heterocycles. The second kappa shape index (κ2) is 5.36. The average molecular weight is 281 g/mol. The van der Waals surface area contributed by atoms with E-state index >= 15 is 0 Å². The molecule has 0 saturated heterocycles. The predicted octanol–water partition coefficient (Wildman–Crippen LogP) is 4.08. The van der Waals surface area contributed by atoms with Crippen molar-refractivity contribution < 1.29 is 19.1 Å². The highest BCUT2D eigenvalue weighted by atomic mass is 35.5. The molecule has 1 atom stereocenters. The van der Waals surface area contributed by atoms with Gasteiger partial charge < -0.3 is 14.3 Å². The predicted molar refractivity (Wildman–Crippen MR) is 70.9 cm³/mol. The van der Waals surface area contributed by atoms with Crippen LogP contribution in [-0.4, -0.2) is 11.1 Å². The summed E-state index contributed by atoms with van der Waals surface area (Å²) in [4.78, 5) is 10.7. The van der Waals surface area contributed by atoms with Gasteiger partial charge in [-0.05, 0) is 49.7 Å². The lowest BCUT2D eigenvalue weighted by molar-refractivity contribution is 0.0655. The van der Waals surface area contributed by atoms with Crippen molar-refractivity contribution in [1.29, 1.82) is 0 Å². The van der Waals surface area contributed by atoms with E-state index in [1.165, 1.54) is 6.07 Å². The van der Waals surface area contributed by atoms with Crippen LogP contribution >= 0.6 is 11.6 Å². The number of carboxylic acid groups (broad SMARTS) is 1. The minimum atomic E-state index is -1.10. The molecular formula is C14H13ClO4. The molecule has 1 heterocycles. The van der Waals surface area contributed by atoms with E-state index in [4.69, 9.17) is 25.9 Å². The molecule has 100 valence electrons. The van der Waals surface area contributed by atoms with Gasteiger partial charge in [-0.15, -0.1) is 0 Å². The Balaban J connectivity index is 2.15. The summed E-state index contributed by atoms with van der Waals surface area (Å²) in [5, 5.41) is 9.44. The first-order chi connectivity index (χ1) is 8.97. The number of carbonyl (C=O) groups is 1. The average Bonchev–Trinajstić information content (AvgIpc) is 2.82. The molecule has 0 aliphatic heterocycles. The third kappa shape index (κ3) is 3.09. The third-order valence-corrected chi connectivity index (χ3v) is 2.91. The SMILES string of the molecule is Cc1cc(Cl)ccc1OC(C)c1ccc(C(=O)O)o1. The van der Waals surface area contributed by atoms with Crippen LogP contribution in [0, 0.1) is 6.92 Å². The molecule has 0 spiro atoms. The van der Waals surface area contributed by atoms with Crippen molar-refractivity contribution >= 4 is 17.6 Å². The molecular weight excluding hydrogens is 268 g/mol. The van der Waals surface area contributed by atoms with Crippen molar-refractivity contribution in [2.45, 2.75) is 20.0 Å². The highest BCUT2D eigenvalue weighted by molar-refractivity contribution is 6.30. The highest BCUT2D eigenvalue weighted by Crippen LogP contribution is 2.27. The maximum Gasteiger partial charge on any atom is 0.371 e. The fraction of sp³-hybridized carbons (Fsp3) is 0.214. The first kappa shape index (κ1) is 13.5. The van der Waals surface area contributed by atoms with Gasteiger partial charge in [0.25, 0.3) is 0 Å². The second-order valence-corrected chi connectivity index (χ2v) is 4.61. The van der Waals surface area contributed by atoms with Crippen molar-refractivity contribution in [1.82, 2.24) is 0 Å². The number of ether oxygens (including phenoxy) is 1. The van der Waals surface area contributed by atoms with E-state index in [9.17, 15) is 4.79 Å². The number of benzene rings is 1. The van der Waals surface area contributed by atoms with Crippen LogP contribution in [-0.2, 0) is 0 Å². The van der Waals surface area contributed by atoms with Crippen molar-refractivity contribution in [3.63, 3.8) is 0 Å². The number of rotatable bonds is 4. The summed E-state index contributed by atoms with van der Waals surface area (Å²) in [5.41, 5.74) is 0.907. The summed E-state index contributed by atoms with van der Waals surface area (Å²) in [6.45, 7) is 3.68. The van der Waals surface area contributed by atoms with Crippen molar-refractivity contribution in [3.8, 4) is 5.75 Å². The quantitative estimate of drug-likeness (QED) is 0.917. The van der Waals surface area contributed by atoms with E-state index < -0.39 is 5.97 Å². The van der Waals surface area contributed by atoms with E-state index in [2.05, 4.69) is 0 Å². The van der Waals surface area contributed by atoms with Crippen LogP contribution in [0.1, 0.15) is 34.9 Å². The molecule has 1 unspecified atom stereocenters. The molecule has 2 aromatic rings. The molecule has 0 radical (unpaired) electrons. The zero-order valence-corrected chi connectivity index (χ0v) is 11.3. The molecule has 0 bridgehead atoms. The highest BCUT2D eigenvalue weighted by Gasteiger charge is 2.16. The van der Waals surface area contributed by atoms with Crippen LogP contribution in [0.3, 0.4) is 0 Å². The van der Waals surface area contributed by atoms with E-state index in [1.807, 2.05) is 6.92 Å². The largest absolute Gasteiger partial charge is 0.483 e. The number of aromatic carboxylic acids is 1. The zero-order valence-electron chi connectivity index (χ0n) is 10.5. The van der Waals surface area contributed by atoms with E-state index in [0.29, 0.717) is 16.5 Å². The standard InChI is InChI=1S/C14H13ClO4/c1-8-7-10(15)3-4-11(8)18-9(2)12-5-6-13(19-12)14(16)17/h3-7,9H,1-2H3,(H,16,17). The molecule has 0 aliphatic carbocycles. The maximum atomic E-state index is 10.7. The number of aryl methyl sites for hydroxylation is 1. The minimum absolute atomic E-state index is 0.0988. The van der Waals surface area contributed by atoms with Gasteiger partial charge in [0.2, 0.25) is 5.76 Å². The van der Waals surface area contributed by atoms with Gasteiger partial charge in [0, 0.05) is 5.02 Å². The van der Waals surface area contributed by atoms with Crippen LogP contribution in [0.2, 0.25) is 5.02 Å². The Hall–Kier alpha value is -1.94. The van der Waals surface area contributed by atoms with Gasteiger partial charge in [-0.1, -0.05) is 11.6 Å². The molecule has 1 aromatic carbocycles. The number of halogens is 1. The van der Waals surface area contributed by atoms with Gasteiger partial charge in [-0.25, -0.2) is 4.79 Å². The third-order valence-electron chi connectivity index (χ3n) is 2.68. The summed E-state index contributed by atoms with van der Waals surface area (Å²) in [6.07, 6.45) is -0.382. The number of carboxylic acids is 1. The zero-order chi connectivity index (χ0) is 14.0. The van der Waals surface area contributed by atoms with Crippen LogP contribution in [0.25, 0.3) is 0 Å². The Bertz CT molecular complexity index is 603. The smallest absolute Gasteiger partial charge is 0.371 e. The van der Waals surface area contributed by atoms with Crippen molar-refractivity contribution in [2.24, 2.45) is 0 Å². The molecule has 0 amide bonds. The summed E-state index contributed by atoms with van der Waals surface area (Å²) < 4.78 is 10.9. The number of furan rings is 1. The molecule has 0 saturated carbocycles. The number of hydrogen-bond donors (Lipinski definition) is 1. The lowest BCUT2D eigenvalue weighted by atomic mass is 10.2. The molecule has 0 fully saturated rings. The Morgan fingerprint density at radius 1 is 1.37 bits per heavy atom. The fourth-order valence-corrected chi connectivity index (χ4v) is 1.91. The summed E-state index contributed by atoms with van der Waals surface area (Å²) in [7, 11) is 0. The Morgan fingerprint density at radius 3 is 2.68 bits per heavy atom. The van der Waals surface area contributed by atoms with Crippen molar-refractivity contribution in [2.75, 3.05) is 0 Å². The van der Waals surface area contributed by atoms with Crippen LogP contribution in [0.5, 0.6) is 5.75 Å². The molecule has 1 N–H and O–H groups in total. The lowest BCUT2D eigenvalue weighted by Gasteiger charge is -2.14. The van der Waals surface area contributed by atoms with E-state index in [0.717, 1.165) is 5.56 Å². The fourth-order valence-electron chi connectivity index (χ4n) is 1.68. The molecule has 4 nitrogen and oxygen atoms in total. The van der Waals surface area contributed by atoms with Gasteiger partial charge >= 0.3 is 5.97 Å². The van der Waals surface area contributed by atoms with Crippen LogP contribution in [0.4, 0.5) is 0 Å². The van der Waals surface area contributed by atoms with Gasteiger partial charge in [0.15, 0.2) is 6.10 Å².